The summed E-state index contributed by atoms with van der Waals surface area (Å²) >= 11 is 5.16. The number of aryl methyl sites for hydroxylation is 2. The topological polar surface area (TPSA) is 38.3 Å². The third kappa shape index (κ3) is 3.56. The molecule has 100 valence electrons. The first kappa shape index (κ1) is 14.0. The van der Waals surface area contributed by atoms with E-state index in [1.165, 1.54) is 16.9 Å². The number of carbonyl (C=O) groups excluding carboxylic acids is 1. The summed E-state index contributed by atoms with van der Waals surface area (Å²) in [4.78, 5) is 14.5. The zero-order valence-electron chi connectivity index (χ0n) is 10.5. The summed E-state index contributed by atoms with van der Waals surface area (Å²) < 4.78 is 5.03. The number of alkyl halides is 1. The molecule has 1 amide bonds. The van der Waals surface area contributed by atoms with Crippen LogP contribution in [-0.2, 0) is 17.6 Å². The Labute approximate surface area is 120 Å². The van der Waals surface area contributed by atoms with Crippen molar-refractivity contribution in [2.75, 3.05) is 20.3 Å². The monoisotopic (exact) mass is 331 g/mol. The second-order valence-electron chi connectivity index (χ2n) is 4.51. The van der Waals surface area contributed by atoms with Crippen molar-refractivity contribution in [1.29, 1.82) is 0 Å². The number of methoxy groups -OCH3 is 1. The van der Waals surface area contributed by atoms with Gasteiger partial charge in [0, 0.05) is 23.4 Å². The summed E-state index contributed by atoms with van der Waals surface area (Å²) in [7, 11) is 1.68. The third-order valence-corrected chi connectivity index (χ3v) is 5.02. The van der Waals surface area contributed by atoms with E-state index in [2.05, 4.69) is 27.3 Å². The minimum atomic E-state index is 0.0616. The molecule has 3 nitrogen and oxygen atoms in total. The Hall–Kier alpha value is -0.390. The Morgan fingerprint density at radius 1 is 1.61 bits per heavy atom. The SMILES string of the molecule is COCC(Br)CCNC(=O)c1cc2c(s1)CCC2. The molecular weight excluding hydrogens is 314 g/mol. The molecule has 0 aliphatic heterocycles. The van der Waals surface area contributed by atoms with E-state index in [0.717, 1.165) is 24.1 Å². The minimum absolute atomic E-state index is 0.0616. The zero-order valence-corrected chi connectivity index (χ0v) is 12.9. The molecule has 1 aliphatic carbocycles. The van der Waals surface area contributed by atoms with Gasteiger partial charge >= 0.3 is 0 Å². The van der Waals surface area contributed by atoms with Gasteiger partial charge in [0.25, 0.3) is 5.91 Å². The van der Waals surface area contributed by atoms with Crippen molar-refractivity contribution in [2.24, 2.45) is 0 Å². The molecular formula is C13H18BrNO2S. The maximum atomic E-state index is 11.9. The number of hydrogen-bond acceptors (Lipinski definition) is 3. The first-order chi connectivity index (χ1) is 8.70. The minimum Gasteiger partial charge on any atom is -0.384 e. The average Bonchev–Trinajstić information content (AvgIpc) is 2.89. The van der Waals surface area contributed by atoms with Crippen LogP contribution in [0.3, 0.4) is 0 Å². The van der Waals surface area contributed by atoms with Crippen molar-refractivity contribution in [3.8, 4) is 0 Å². The van der Waals surface area contributed by atoms with Gasteiger partial charge in [-0.25, -0.2) is 0 Å². The van der Waals surface area contributed by atoms with Crippen LogP contribution in [0.25, 0.3) is 0 Å². The summed E-state index contributed by atoms with van der Waals surface area (Å²) in [5, 5.41) is 2.96. The molecule has 0 aromatic carbocycles. The number of hydrogen-bond donors (Lipinski definition) is 1. The van der Waals surface area contributed by atoms with Gasteiger partial charge in [0.1, 0.15) is 0 Å². The Balaban J connectivity index is 1.77. The van der Waals surface area contributed by atoms with E-state index in [9.17, 15) is 4.79 Å². The van der Waals surface area contributed by atoms with E-state index in [1.807, 2.05) is 0 Å². The molecule has 1 N–H and O–H groups in total. The van der Waals surface area contributed by atoms with Crippen molar-refractivity contribution in [2.45, 2.75) is 30.5 Å². The Bertz CT molecular complexity index is 398. The van der Waals surface area contributed by atoms with Crippen molar-refractivity contribution in [1.82, 2.24) is 5.32 Å². The molecule has 1 atom stereocenters. The zero-order chi connectivity index (χ0) is 13.0. The van der Waals surface area contributed by atoms with Gasteiger partial charge in [-0.15, -0.1) is 11.3 Å². The summed E-state index contributed by atoms with van der Waals surface area (Å²) in [5.74, 6) is 0.0616. The normalized spacial score (nSPS) is 15.4. The van der Waals surface area contributed by atoms with E-state index in [1.54, 1.807) is 18.4 Å². The smallest absolute Gasteiger partial charge is 0.261 e. The van der Waals surface area contributed by atoms with Crippen molar-refractivity contribution < 1.29 is 9.53 Å². The maximum Gasteiger partial charge on any atom is 0.261 e. The fraction of sp³-hybridized carbons (Fsp3) is 0.615. The fourth-order valence-electron chi connectivity index (χ4n) is 2.13. The second kappa shape index (κ2) is 6.68. The molecule has 0 fully saturated rings. The highest BCUT2D eigenvalue weighted by molar-refractivity contribution is 9.09. The lowest BCUT2D eigenvalue weighted by Crippen LogP contribution is -2.26. The molecule has 1 heterocycles. The highest BCUT2D eigenvalue weighted by Gasteiger charge is 2.18. The lowest BCUT2D eigenvalue weighted by Gasteiger charge is -2.08. The van der Waals surface area contributed by atoms with Crippen molar-refractivity contribution in [3.63, 3.8) is 0 Å². The highest BCUT2D eigenvalue weighted by Crippen LogP contribution is 2.30. The van der Waals surface area contributed by atoms with Crippen molar-refractivity contribution >= 4 is 33.2 Å². The standard InChI is InChI=1S/C13H18BrNO2S/c1-17-8-10(14)5-6-15-13(16)12-7-9-3-2-4-11(9)18-12/h7,10H,2-6,8H2,1H3,(H,15,16). The fourth-order valence-corrected chi connectivity index (χ4v) is 3.80. The number of ether oxygens (including phenoxy) is 1. The summed E-state index contributed by atoms with van der Waals surface area (Å²) in [6.45, 7) is 1.35. The van der Waals surface area contributed by atoms with E-state index in [-0.39, 0.29) is 5.91 Å². The largest absolute Gasteiger partial charge is 0.384 e. The first-order valence-electron chi connectivity index (χ1n) is 6.23. The first-order valence-corrected chi connectivity index (χ1v) is 7.96. The van der Waals surface area contributed by atoms with Gasteiger partial charge in [-0.1, -0.05) is 15.9 Å². The lowest BCUT2D eigenvalue weighted by atomic mass is 10.2. The van der Waals surface area contributed by atoms with Crippen LogP contribution in [0.2, 0.25) is 0 Å². The molecule has 0 saturated carbocycles. The number of thiophene rings is 1. The number of amides is 1. The van der Waals surface area contributed by atoms with Crippen molar-refractivity contribution in [3.05, 3.63) is 21.4 Å². The predicted molar refractivity (Wildman–Crippen MR) is 77.9 cm³/mol. The molecule has 5 heteroatoms. The quantitative estimate of drug-likeness (QED) is 0.814. The molecule has 0 radical (unpaired) electrons. The van der Waals surface area contributed by atoms with E-state index in [4.69, 9.17) is 4.74 Å². The van der Waals surface area contributed by atoms with Gasteiger partial charge < -0.3 is 10.1 Å². The van der Waals surface area contributed by atoms with Gasteiger partial charge in [-0.2, -0.15) is 0 Å². The van der Waals surface area contributed by atoms with E-state index >= 15 is 0 Å². The van der Waals surface area contributed by atoms with Gasteiger partial charge in [-0.3, -0.25) is 4.79 Å². The maximum absolute atomic E-state index is 11.9. The number of rotatable bonds is 6. The van der Waals surface area contributed by atoms with Gasteiger partial charge in [0.05, 0.1) is 11.5 Å². The molecule has 18 heavy (non-hydrogen) atoms. The van der Waals surface area contributed by atoms with Crippen LogP contribution >= 0.6 is 27.3 Å². The van der Waals surface area contributed by atoms with Gasteiger partial charge in [-0.05, 0) is 37.3 Å². The van der Waals surface area contributed by atoms with Crippen LogP contribution in [0.4, 0.5) is 0 Å². The van der Waals surface area contributed by atoms with Crippen LogP contribution in [0.15, 0.2) is 6.07 Å². The number of halogens is 1. The molecule has 2 rings (SSSR count). The number of nitrogens with one attached hydrogen (secondary N) is 1. The van der Waals surface area contributed by atoms with Crippen LogP contribution in [0.1, 0.15) is 33.0 Å². The average molecular weight is 332 g/mol. The summed E-state index contributed by atoms with van der Waals surface area (Å²) in [5.41, 5.74) is 1.38. The van der Waals surface area contributed by atoms with Crippen LogP contribution in [0.5, 0.6) is 0 Å². The molecule has 0 spiro atoms. The molecule has 1 aromatic rings. The highest BCUT2D eigenvalue weighted by atomic mass is 79.9. The Morgan fingerprint density at radius 2 is 2.44 bits per heavy atom. The molecule has 0 bridgehead atoms. The molecule has 1 unspecified atom stereocenters. The Kier molecular flexibility index (Phi) is 5.21. The summed E-state index contributed by atoms with van der Waals surface area (Å²) in [6.07, 6.45) is 4.40. The van der Waals surface area contributed by atoms with E-state index < -0.39 is 0 Å². The molecule has 1 aromatic heterocycles. The van der Waals surface area contributed by atoms with Crippen LogP contribution in [0, 0.1) is 0 Å². The second-order valence-corrected chi connectivity index (χ2v) is 6.94. The number of fused-ring (bicyclic) bond motifs is 1. The van der Waals surface area contributed by atoms with Crippen LogP contribution < -0.4 is 5.32 Å². The lowest BCUT2D eigenvalue weighted by molar-refractivity contribution is 0.0956. The summed E-state index contributed by atoms with van der Waals surface area (Å²) in [6, 6.07) is 2.06. The molecule has 0 saturated heterocycles. The third-order valence-electron chi connectivity index (χ3n) is 3.06. The van der Waals surface area contributed by atoms with Crippen LogP contribution in [-0.4, -0.2) is 31.0 Å². The van der Waals surface area contributed by atoms with Gasteiger partial charge in [0.15, 0.2) is 0 Å². The number of carbonyl (C=O) groups is 1. The van der Waals surface area contributed by atoms with Gasteiger partial charge in [0.2, 0.25) is 0 Å². The Morgan fingerprint density at radius 3 is 3.17 bits per heavy atom. The van der Waals surface area contributed by atoms with E-state index in [0.29, 0.717) is 18.0 Å². The predicted octanol–water partition coefficient (Wildman–Crippen LogP) is 2.77. The molecule has 1 aliphatic rings.